The van der Waals surface area contributed by atoms with Crippen molar-refractivity contribution in [2.24, 2.45) is 11.8 Å². The molecule has 0 aromatic heterocycles. The second-order valence-corrected chi connectivity index (χ2v) is 10.6. The quantitative estimate of drug-likeness (QED) is 0.415. The van der Waals surface area contributed by atoms with Crippen molar-refractivity contribution in [2.75, 3.05) is 37.7 Å². The maximum absolute atomic E-state index is 14.2. The zero-order valence-electron chi connectivity index (χ0n) is 21.1. The van der Waals surface area contributed by atoms with Gasteiger partial charge in [-0.3, -0.25) is 14.4 Å². The van der Waals surface area contributed by atoms with Crippen LogP contribution in [0.3, 0.4) is 0 Å². The SMILES string of the molecule is CCCN1CC=C[C@H]2O[C@]34C=CCN(c5ccc(Cl)cc5)C(=O)C3N(CCCCCO)C(=O)[C@@H]4[C@H]2C1=O. The number of aliphatic hydroxyl groups is 1. The van der Waals surface area contributed by atoms with Crippen molar-refractivity contribution in [3.05, 3.63) is 53.6 Å². The lowest BCUT2D eigenvalue weighted by Crippen LogP contribution is -2.55. The second kappa shape index (κ2) is 10.6. The van der Waals surface area contributed by atoms with E-state index in [0.29, 0.717) is 49.7 Å². The van der Waals surface area contributed by atoms with Crippen LogP contribution in [0.2, 0.25) is 5.02 Å². The number of unbranched alkanes of at least 4 members (excludes halogenated alkanes) is 2. The second-order valence-electron chi connectivity index (χ2n) is 10.2. The van der Waals surface area contributed by atoms with E-state index in [9.17, 15) is 19.5 Å². The van der Waals surface area contributed by atoms with Gasteiger partial charge in [-0.05, 0) is 49.9 Å². The summed E-state index contributed by atoms with van der Waals surface area (Å²) < 4.78 is 6.65. The van der Waals surface area contributed by atoms with E-state index in [-0.39, 0.29) is 24.3 Å². The van der Waals surface area contributed by atoms with Crippen molar-refractivity contribution < 1.29 is 24.2 Å². The molecule has 1 N–H and O–H groups in total. The van der Waals surface area contributed by atoms with Crippen molar-refractivity contribution >= 4 is 35.0 Å². The van der Waals surface area contributed by atoms with Crippen LogP contribution in [-0.2, 0) is 19.1 Å². The molecule has 37 heavy (non-hydrogen) atoms. The third kappa shape index (κ3) is 4.39. The molecule has 3 amide bonds. The van der Waals surface area contributed by atoms with E-state index in [1.165, 1.54) is 0 Å². The van der Waals surface area contributed by atoms with E-state index in [1.807, 2.05) is 31.2 Å². The Balaban J connectivity index is 1.55. The van der Waals surface area contributed by atoms with Crippen molar-refractivity contribution in [3.8, 4) is 0 Å². The van der Waals surface area contributed by atoms with E-state index >= 15 is 0 Å². The van der Waals surface area contributed by atoms with Crippen LogP contribution in [0.15, 0.2) is 48.6 Å². The fourth-order valence-electron chi connectivity index (χ4n) is 6.32. The van der Waals surface area contributed by atoms with Crippen LogP contribution in [0.4, 0.5) is 5.69 Å². The molecule has 1 spiro atoms. The number of anilines is 1. The topological polar surface area (TPSA) is 90.4 Å². The van der Waals surface area contributed by atoms with Crippen LogP contribution in [0, 0.1) is 11.8 Å². The molecule has 4 heterocycles. The van der Waals surface area contributed by atoms with E-state index in [0.717, 1.165) is 12.8 Å². The predicted octanol–water partition coefficient (Wildman–Crippen LogP) is 2.79. The number of carbonyl (C=O) groups is 3. The minimum atomic E-state index is -1.23. The number of benzene rings is 1. The normalized spacial score (nSPS) is 30.9. The summed E-state index contributed by atoms with van der Waals surface area (Å²) in [6, 6.07) is 6.17. The van der Waals surface area contributed by atoms with Gasteiger partial charge in [-0.25, -0.2) is 0 Å². The van der Waals surface area contributed by atoms with Crippen molar-refractivity contribution in [3.63, 3.8) is 0 Å². The number of likely N-dealkylation sites (tertiary alicyclic amines) is 1. The van der Waals surface area contributed by atoms with Gasteiger partial charge in [0.2, 0.25) is 11.8 Å². The molecule has 0 radical (unpaired) electrons. The first-order valence-electron chi connectivity index (χ1n) is 13.2. The van der Waals surface area contributed by atoms with E-state index in [4.69, 9.17) is 16.3 Å². The molecule has 4 aliphatic rings. The first-order valence-corrected chi connectivity index (χ1v) is 13.6. The highest BCUT2D eigenvalue weighted by molar-refractivity contribution is 6.30. The van der Waals surface area contributed by atoms with Crippen molar-refractivity contribution in [2.45, 2.75) is 50.4 Å². The Morgan fingerprint density at radius 3 is 2.51 bits per heavy atom. The largest absolute Gasteiger partial charge is 0.396 e. The molecule has 4 aliphatic heterocycles. The molecule has 1 aromatic rings. The van der Waals surface area contributed by atoms with Crippen molar-refractivity contribution in [1.82, 2.24) is 9.80 Å². The van der Waals surface area contributed by atoms with Crippen LogP contribution in [0.1, 0.15) is 32.6 Å². The van der Waals surface area contributed by atoms with Crippen molar-refractivity contribution in [1.29, 1.82) is 0 Å². The van der Waals surface area contributed by atoms with Gasteiger partial charge in [-0.1, -0.05) is 42.8 Å². The Labute approximate surface area is 222 Å². The van der Waals surface area contributed by atoms with Gasteiger partial charge in [0.05, 0.1) is 17.9 Å². The van der Waals surface area contributed by atoms with Gasteiger partial charge in [0.1, 0.15) is 11.6 Å². The van der Waals surface area contributed by atoms with Gasteiger partial charge in [0.25, 0.3) is 5.91 Å². The van der Waals surface area contributed by atoms with Crippen LogP contribution in [0.25, 0.3) is 0 Å². The summed E-state index contributed by atoms with van der Waals surface area (Å²) in [6.45, 7) is 3.88. The standard InChI is InChI=1S/C28H34ClN3O5/c1-2-14-30-15-6-8-21-22(25(30)34)23-26(35)32(16-4-3-5-18-33)24-27(36)31(17-7-13-28(23,24)37-21)20-11-9-19(29)10-12-20/h6-13,21-24,33H,2-5,14-18H2,1H3/t21-,22+,23+,24?,28+/m1/s1. The number of amides is 3. The molecular formula is C28H34ClN3O5. The number of nitrogens with zero attached hydrogens (tertiary/aromatic N) is 3. The zero-order valence-corrected chi connectivity index (χ0v) is 21.8. The lowest BCUT2D eigenvalue weighted by atomic mass is 9.77. The summed E-state index contributed by atoms with van der Waals surface area (Å²) in [6.07, 6.45) is 9.82. The minimum Gasteiger partial charge on any atom is -0.396 e. The van der Waals surface area contributed by atoms with Crippen LogP contribution < -0.4 is 4.90 Å². The minimum absolute atomic E-state index is 0.0803. The van der Waals surface area contributed by atoms with E-state index < -0.39 is 29.6 Å². The van der Waals surface area contributed by atoms with Gasteiger partial charge in [-0.2, -0.15) is 0 Å². The predicted molar refractivity (Wildman–Crippen MR) is 140 cm³/mol. The van der Waals surface area contributed by atoms with Gasteiger partial charge in [-0.15, -0.1) is 0 Å². The first kappa shape index (κ1) is 25.9. The molecule has 5 atom stereocenters. The molecule has 1 unspecified atom stereocenters. The van der Waals surface area contributed by atoms with Gasteiger partial charge >= 0.3 is 0 Å². The Kier molecular flexibility index (Phi) is 7.43. The number of ether oxygens (including phenoxy) is 1. The van der Waals surface area contributed by atoms with E-state index in [2.05, 4.69) is 0 Å². The maximum atomic E-state index is 14.2. The van der Waals surface area contributed by atoms with Crippen LogP contribution >= 0.6 is 11.6 Å². The van der Waals surface area contributed by atoms with Gasteiger partial charge in [0, 0.05) is 43.5 Å². The summed E-state index contributed by atoms with van der Waals surface area (Å²) in [4.78, 5) is 47.2. The summed E-state index contributed by atoms with van der Waals surface area (Å²) in [7, 11) is 0. The molecule has 0 saturated carbocycles. The van der Waals surface area contributed by atoms with Gasteiger partial charge < -0.3 is 24.5 Å². The molecule has 8 nitrogen and oxygen atoms in total. The fourth-order valence-corrected chi connectivity index (χ4v) is 6.45. The summed E-state index contributed by atoms with van der Waals surface area (Å²) in [5.74, 6) is -1.99. The van der Waals surface area contributed by atoms with E-state index in [1.54, 1.807) is 39.0 Å². The van der Waals surface area contributed by atoms with Gasteiger partial charge in [0.15, 0.2) is 0 Å². The average molecular weight is 528 g/mol. The number of aliphatic hydroxyl groups excluding tert-OH is 1. The summed E-state index contributed by atoms with van der Waals surface area (Å²) in [5.41, 5.74) is -0.541. The molecule has 0 aliphatic carbocycles. The summed E-state index contributed by atoms with van der Waals surface area (Å²) in [5, 5.41) is 9.78. The van der Waals surface area contributed by atoms with Crippen LogP contribution in [0.5, 0.6) is 0 Å². The highest BCUT2D eigenvalue weighted by atomic mass is 35.5. The maximum Gasteiger partial charge on any atom is 0.253 e. The lowest BCUT2D eigenvalue weighted by Gasteiger charge is -2.35. The molecule has 1 aromatic carbocycles. The highest BCUT2D eigenvalue weighted by Gasteiger charge is 2.71. The smallest absolute Gasteiger partial charge is 0.253 e. The van der Waals surface area contributed by atoms with Crippen LogP contribution in [-0.4, -0.2) is 83.2 Å². The number of carbonyl (C=O) groups excluding carboxylic acids is 3. The third-order valence-electron chi connectivity index (χ3n) is 7.93. The number of halogens is 1. The lowest BCUT2D eigenvalue weighted by molar-refractivity contribution is -0.144. The Morgan fingerprint density at radius 2 is 1.78 bits per heavy atom. The molecule has 0 bridgehead atoms. The fraction of sp³-hybridized carbons (Fsp3) is 0.536. The average Bonchev–Trinajstić information content (AvgIpc) is 3.20. The monoisotopic (exact) mass is 527 g/mol. The molecule has 198 valence electrons. The number of hydrogen-bond donors (Lipinski definition) is 1. The number of fused-ring (bicyclic) bond motifs is 2. The molecular weight excluding hydrogens is 494 g/mol. The summed E-state index contributed by atoms with van der Waals surface area (Å²) >= 11 is 6.09. The zero-order chi connectivity index (χ0) is 26.2. The molecule has 2 saturated heterocycles. The Morgan fingerprint density at radius 1 is 1.00 bits per heavy atom. The third-order valence-corrected chi connectivity index (χ3v) is 8.18. The molecule has 9 heteroatoms. The molecule has 2 fully saturated rings. The number of rotatable bonds is 8. The first-order chi connectivity index (χ1) is 17.9. The Bertz CT molecular complexity index is 1110. The molecule has 5 rings (SSSR count). The Hall–Kier alpha value is -2.68. The highest BCUT2D eigenvalue weighted by Crippen LogP contribution is 2.53. The number of hydrogen-bond acceptors (Lipinski definition) is 5.